The highest BCUT2D eigenvalue weighted by molar-refractivity contribution is 14.0. The number of nitrogens with one attached hydrogen (secondary N) is 2. The molecule has 2 N–H and O–H groups in total. The second-order valence-electron chi connectivity index (χ2n) is 8.08. The minimum Gasteiger partial charge on any atom is -0.354 e. The van der Waals surface area contributed by atoms with Crippen LogP contribution in [0.2, 0.25) is 0 Å². The van der Waals surface area contributed by atoms with Gasteiger partial charge in [0.1, 0.15) is 0 Å². The Balaban J connectivity index is 0.00000300. The maximum Gasteiger partial charge on any atom is 0.225 e. The molecule has 0 spiro atoms. The molecule has 0 radical (unpaired) electrons. The van der Waals surface area contributed by atoms with Gasteiger partial charge in [0.2, 0.25) is 5.91 Å². The van der Waals surface area contributed by atoms with Crippen molar-refractivity contribution < 1.29 is 4.79 Å². The Kier molecular flexibility index (Phi) is 9.72. The van der Waals surface area contributed by atoms with Crippen LogP contribution < -0.4 is 10.6 Å². The van der Waals surface area contributed by atoms with Crippen molar-refractivity contribution in [1.82, 2.24) is 15.5 Å². The molecule has 2 fully saturated rings. The van der Waals surface area contributed by atoms with Gasteiger partial charge in [0.25, 0.3) is 0 Å². The molecule has 1 aliphatic heterocycles. The lowest BCUT2D eigenvalue weighted by Gasteiger charge is -2.35. The predicted octanol–water partition coefficient (Wildman–Crippen LogP) is 4.14. The minimum atomic E-state index is 0. The molecule has 2 unspecified atom stereocenters. The van der Waals surface area contributed by atoms with E-state index in [1.807, 2.05) is 0 Å². The fourth-order valence-corrected chi connectivity index (χ4v) is 4.22. The molecule has 1 saturated carbocycles. The molecule has 0 aromatic heterocycles. The molecule has 1 aliphatic carbocycles. The first kappa shape index (κ1) is 24.0. The summed E-state index contributed by atoms with van der Waals surface area (Å²) >= 11 is 0. The van der Waals surface area contributed by atoms with E-state index in [0.717, 1.165) is 57.7 Å². The zero-order valence-electron chi connectivity index (χ0n) is 18.1. The average Bonchev–Trinajstić information content (AvgIpc) is 3.49. The Morgan fingerprint density at radius 1 is 1.10 bits per heavy atom. The van der Waals surface area contributed by atoms with Crippen molar-refractivity contribution in [3.63, 3.8) is 0 Å². The summed E-state index contributed by atoms with van der Waals surface area (Å²) < 4.78 is 0. The quantitative estimate of drug-likeness (QED) is 0.328. The summed E-state index contributed by atoms with van der Waals surface area (Å²) in [5.74, 6) is 2.04. The highest BCUT2D eigenvalue weighted by Crippen LogP contribution is 2.40. The van der Waals surface area contributed by atoms with E-state index in [1.54, 1.807) is 0 Å². The van der Waals surface area contributed by atoms with E-state index in [-0.39, 0.29) is 29.9 Å². The van der Waals surface area contributed by atoms with Crippen LogP contribution in [0.4, 0.5) is 0 Å². The summed E-state index contributed by atoms with van der Waals surface area (Å²) in [5, 5.41) is 7.23. The Bertz CT molecular complexity index is 654. The highest BCUT2D eigenvalue weighted by Gasteiger charge is 2.39. The number of halogens is 1. The number of carbonyl (C=O) groups is 1. The predicted molar refractivity (Wildman–Crippen MR) is 131 cm³/mol. The van der Waals surface area contributed by atoms with E-state index in [2.05, 4.69) is 71.6 Å². The first-order chi connectivity index (χ1) is 13.7. The Morgan fingerprint density at radius 3 is 2.34 bits per heavy atom. The maximum atomic E-state index is 12.6. The Hall–Kier alpha value is -1.31. The van der Waals surface area contributed by atoms with Gasteiger partial charge >= 0.3 is 0 Å². The number of likely N-dealkylation sites (tertiary alicyclic amines) is 1. The van der Waals surface area contributed by atoms with Crippen molar-refractivity contribution in [3.05, 3.63) is 35.9 Å². The molecule has 1 saturated heterocycles. The molecule has 1 aromatic rings. The van der Waals surface area contributed by atoms with Crippen LogP contribution in [-0.4, -0.2) is 48.5 Å². The van der Waals surface area contributed by atoms with Gasteiger partial charge in [-0.05, 0) is 44.6 Å². The molecule has 2 atom stereocenters. The zero-order chi connectivity index (χ0) is 19.9. The van der Waals surface area contributed by atoms with E-state index in [0.29, 0.717) is 23.9 Å². The van der Waals surface area contributed by atoms with Gasteiger partial charge in [-0.25, -0.2) is 0 Å². The van der Waals surface area contributed by atoms with E-state index in [4.69, 9.17) is 0 Å². The minimum absolute atomic E-state index is 0. The molecular weight excluding hydrogens is 475 g/mol. The lowest BCUT2D eigenvalue weighted by atomic mass is 9.98. The van der Waals surface area contributed by atoms with Crippen LogP contribution in [0.1, 0.15) is 64.4 Å². The standard InChI is InChI=1S/C23H36N4O.HI/c1-4-17(5-2)22(28)27-14-12-19(13-15-27)25-23(24-6-3)26-21-16-20(21)18-10-8-7-9-11-18;/h7-11,17,19-21H,4-6,12-16H2,1-3H3,(H2,24,25,26);1H. The topological polar surface area (TPSA) is 56.7 Å². The maximum absolute atomic E-state index is 12.6. The molecule has 5 nitrogen and oxygen atoms in total. The van der Waals surface area contributed by atoms with Crippen LogP contribution in [0.5, 0.6) is 0 Å². The van der Waals surface area contributed by atoms with Crippen molar-refractivity contribution in [3.8, 4) is 0 Å². The first-order valence-corrected chi connectivity index (χ1v) is 11.1. The van der Waals surface area contributed by atoms with Crippen LogP contribution >= 0.6 is 24.0 Å². The van der Waals surface area contributed by atoms with Gasteiger partial charge in [-0.2, -0.15) is 0 Å². The van der Waals surface area contributed by atoms with Crippen LogP contribution in [0, 0.1) is 5.92 Å². The summed E-state index contributed by atoms with van der Waals surface area (Å²) in [6.45, 7) is 8.76. The van der Waals surface area contributed by atoms with Crippen molar-refractivity contribution in [1.29, 1.82) is 0 Å². The molecule has 1 heterocycles. The number of hydrogen-bond donors (Lipinski definition) is 2. The number of rotatable bonds is 7. The lowest BCUT2D eigenvalue weighted by molar-refractivity contribution is -0.136. The molecule has 0 bridgehead atoms. The molecule has 1 aromatic carbocycles. The largest absolute Gasteiger partial charge is 0.354 e. The SMILES string of the molecule is CCN=C(NC1CCN(C(=O)C(CC)CC)CC1)NC1CC1c1ccccc1.I. The number of benzene rings is 1. The number of aliphatic imine (C=N–C) groups is 1. The van der Waals surface area contributed by atoms with Gasteiger partial charge in [0, 0.05) is 43.6 Å². The molecule has 29 heavy (non-hydrogen) atoms. The van der Waals surface area contributed by atoms with Gasteiger partial charge in [0.05, 0.1) is 0 Å². The van der Waals surface area contributed by atoms with Crippen LogP contribution in [0.25, 0.3) is 0 Å². The lowest BCUT2D eigenvalue weighted by Crippen LogP contribution is -2.51. The van der Waals surface area contributed by atoms with E-state index < -0.39 is 0 Å². The average molecular weight is 512 g/mol. The fraction of sp³-hybridized carbons (Fsp3) is 0.652. The smallest absolute Gasteiger partial charge is 0.225 e. The monoisotopic (exact) mass is 512 g/mol. The zero-order valence-corrected chi connectivity index (χ0v) is 20.4. The number of nitrogens with zero attached hydrogens (tertiary/aromatic N) is 2. The molecule has 1 amide bonds. The van der Waals surface area contributed by atoms with Crippen molar-refractivity contribution in [2.45, 2.75) is 70.9 Å². The third-order valence-corrected chi connectivity index (χ3v) is 6.14. The summed E-state index contributed by atoms with van der Waals surface area (Å²) in [7, 11) is 0. The Morgan fingerprint density at radius 2 is 1.76 bits per heavy atom. The van der Waals surface area contributed by atoms with Crippen molar-refractivity contribution in [2.75, 3.05) is 19.6 Å². The number of guanidine groups is 1. The van der Waals surface area contributed by atoms with Gasteiger partial charge in [-0.3, -0.25) is 9.79 Å². The molecule has 3 rings (SSSR count). The summed E-state index contributed by atoms with van der Waals surface area (Å²) in [5.41, 5.74) is 1.41. The van der Waals surface area contributed by atoms with Crippen LogP contribution in [-0.2, 0) is 4.79 Å². The number of hydrogen-bond acceptors (Lipinski definition) is 2. The fourth-order valence-electron chi connectivity index (χ4n) is 4.22. The van der Waals surface area contributed by atoms with Gasteiger partial charge < -0.3 is 15.5 Å². The number of piperidine rings is 1. The van der Waals surface area contributed by atoms with Crippen LogP contribution in [0.15, 0.2) is 35.3 Å². The first-order valence-electron chi connectivity index (χ1n) is 11.1. The van der Waals surface area contributed by atoms with Gasteiger partial charge in [0.15, 0.2) is 5.96 Å². The summed E-state index contributed by atoms with van der Waals surface area (Å²) in [6.07, 6.45) is 5.02. The van der Waals surface area contributed by atoms with E-state index in [9.17, 15) is 4.79 Å². The second kappa shape index (κ2) is 11.8. The number of carbonyl (C=O) groups excluding carboxylic acids is 1. The molecule has 6 heteroatoms. The summed E-state index contributed by atoms with van der Waals surface area (Å²) in [4.78, 5) is 19.3. The van der Waals surface area contributed by atoms with Crippen molar-refractivity contribution in [2.24, 2.45) is 10.9 Å². The summed E-state index contributed by atoms with van der Waals surface area (Å²) in [6, 6.07) is 11.6. The third-order valence-electron chi connectivity index (χ3n) is 6.14. The molecule has 2 aliphatic rings. The Labute approximate surface area is 193 Å². The molecule has 162 valence electrons. The second-order valence-corrected chi connectivity index (χ2v) is 8.08. The van der Waals surface area contributed by atoms with Crippen molar-refractivity contribution >= 4 is 35.8 Å². The van der Waals surface area contributed by atoms with E-state index in [1.165, 1.54) is 5.56 Å². The van der Waals surface area contributed by atoms with E-state index >= 15 is 0 Å². The normalized spacial score (nSPS) is 22.2. The highest BCUT2D eigenvalue weighted by atomic mass is 127. The molecular formula is C23H37IN4O. The number of amides is 1. The third kappa shape index (κ3) is 6.59. The van der Waals surface area contributed by atoms with Gasteiger partial charge in [-0.1, -0.05) is 44.2 Å². The van der Waals surface area contributed by atoms with Crippen LogP contribution in [0.3, 0.4) is 0 Å². The van der Waals surface area contributed by atoms with Gasteiger partial charge in [-0.15, -0.1) is 24.0 Å².